The Morgan fingerprint density at radius 2 is 2.25 bits per heavy atom. The van der Waals surface area contributed by atoms with Crippen molar-refractivity contribution < 1.29 is 9.75 Å². The van der Waals surface area contributed by atoms with Gasteiger partial charge in [-0.05, 0) is 36.1 Å². The van der Waals surface area contributed by atoms with E-state index in [0.717, 1.165) is 25.7 Å². The van der Waals surface area contributed by atoms with Crippen LogP contribution in [0.4, 0.5) is 0 Å². The van der Waals surface area contributed by atoms with Crippen molar-refractivity contribution in [1.29, 1.82) is 0 Å². The molecule has 1 aromatic carbocycles. The number of hydrogen-bond donors (Lipinski definition) is 1. The van der Waals surface area contributed by atoms with Crippen LogP contribution in [0.15, 0.2) is 30.4 Å². The number of nitrogens with zero attached hydrogens (tertiary/aromatic N) is 1. The molecule has 20 heavy (non-hydrogen) atoms. The summed E-state index contributed by atoms with van der Waals surface area (Å²) in [7, 11) is 1.85. The number of likely N-dealkylation sites (N-methyl/N-ethyl adjacent to an activating group) is 1. The highest BCUT2D eigenvalue weighted by molar-refractivity contribution is 5.47. The number of phenols is 1. The van der Waals surface area contributed by atoms with Crippen LogP contribution in [0.2, 0.25) is 0 Å². The summed E-state index contributed by atoms with van der Waals surface area (Å²) in [5.41, 5.74) is 2.53. The number of fused-ring (bicyclic) bond motifs is 1. The topological polar surface area (TPSA) is 43.3 Å². The third kappa shape index (κ3) is 1.48. The van der Waals surface area contributed by atoms with Gasteiger partial charge in [0.05, 0.1) is 19.6 Å². The van der Waals surface area contributed by atoms with Gasteiger partial charge in [-0.3, -0.25) is 0 Å². The number of benzene rings is 1. The number of hydroxylamine groups is 3. The van der Waals surface area contributed by atoms with E-state index in [1.165, 1.54) is 11.1 Å². The summed E-state index contributed by atoms with van der Waals surface area (Å²) in [6.45, 7) is 0.681. The van der Waals surface area contributed by atoms with Crippen LogP contribution in [0, 0.1) is 11.1 Å². The predicted molar refractivity (Wildman–Crippen MR) is 78.2 cm³/mol. The van der Waals surface area contributed by atoms with Gasteiger partial charge in [-0.1, -0.05) is 18.2 Å². The number of likely N-dealkylation sites (tertiary alicyclic amines) is 1. The summed E-state index contributed by atoms with van der Waals surface area (Å²) in [5, 5.41) is 22.7. The van der Waals surface area contributed by atoms with Crippen LogP contribution < -0.4 is 0 Å². The maximum absolute atomic E-state index is 12.9. The Bertz CT molecular complexity index is 593. The van der Waals surface area contributed by atoms with Crippen molar-refractivity contribution in [2.45, 2.75) is 37.1 Å². The summed E-state index contributed by atoms with van der Waals surface area (Å²) >= 11 is 0. The van der Waals surface area contributed by atoms with E-state index in [0.29, 0.717) is 18.2 Å². The Hall–Kier alpha value is -1.32. The lowest BCUT2D eigenvalue weighted by Gasteiger charge is -2.62. The summed E-state index contributed by atoms with van der Waals surface area (Å²) < 4.78 is -0.0967. The smallest absolute Gasteiger partial charge is 0.115 e. The Labute approximate surface area is 119 Å². The molecular weight excluding hydrogens is 250 g/mol. The Morgan fingerprint density at radius 3 is 3.10 bits per heavy atom. The molecule has 106 valence electrons. The van der Waals surface area contributed by atoms with E-state index < -0.39 is 0 Å². The zero-order valence-electron chi connectivity index (χ0n) is 11.9. The molecule has 0 aromatic heterocycles. The predicted octanol–water partition coefficient (Wildman–Crippen LogP) is 2.87. The Morgan fingerprint density at radius 1 is 1.40 bits per heavy atom. The normalized spacial score (nSPS) is 41.9. The second kappa shape index (κ2) is 3.86. The molecule has 2 aliphatic carbocycles. The lowest BCUT2D eigenvalue weighted by molar-refractivity contribution is -0.898. The molecule has 4 atom stereocenters. The van der Waals surface area contributed by atoms with Gasteiger partial charge in [-0.25, -0.2) is 0 Å². The van der Waals surface area contributed by atoms with Gasteiger partial charge < -0.3 is 15.0 Å². The molecule has 1 N–H and O–H groups in total. The number of rotatable bonds is 0. The van der Waals surface area contributed by atoms with Gasteiger partial charge in [0.15, 0.2) is 0 Å². The molecule has 3 heteroatoms. The van der Waals surface area contributed by atoms with Gasteiger partial charge in [0.1, 0.15) is 5.75 Å². The molecular formula is C17H21NO2. The molecule has 0 spiro atoms. The zero-order chi connectivity index (χ0) is 14.0. The van der Waals surface area contributed by atoms with Crippen LogP contribution >= 0.6 is 0 Å². The number of piperidine rings is 1. The zero-order valence-corrected chi connectivity index (χ0v) is 11.9. The number of phenolic OH excluding ortho intramolecular Hbond substituents is 1. The third-order valence-corrected chi connectivity index (χ3v) is 5.88. The molecule has 4 rings (SSSR count). The third-order valence-electron chi connectivity index (χ3n) is 5.88. The average Bonchev–Trinajstić information content (AvgIpc) is 2.44. The second-order valence-corrected chi connectivity index (χ2v) is 6.89. The minimum absolute atomic E-state index is 0.00257. The summed E-state index contributed by atoms with van der Waals surface area (Å²) in [4.78, 5) is 0. The van der Waals surface area contributed by atoms with Crippen LogP contribution in [0.1, 0.15) is 30.4 Å². The van der Waals surface area contributed by atoms with E-state index >= 15 is 0 Å². The Balaban J connectivity index is 1.96. The van der Waals surface area contributed by atoms with Crippen molar-refractivity contribution >= 4 is 0 Å². The second-order valence-electron chi connectivity index (χ2n) is 6.89. The molecule has 1 heterocycles. The monoisotopic (exact) mass is 271 g/mol. The van der Waals surface area contributed by atoms with Crippen molar-refractivity contribution in [1.82, 2.24) is 0 Å². The van der Waals surface area contributed by atoms with Crippen molar-refractivity contribution in [3.63, 3.8) is 0 Å². The minimum atomic E-state index is -0.0967. The first kappa shape index (κ1) is 12.4. The quantitative estimate of drug-likeness (QED) is 0.448. The molecule has 0 amide bonds. The van der Waals surface area contributed by atoms with E-state index in [1.807, 2.05) is 19.2 Å². The van der Waals surface area contributed by atoms with Gasteiger partial charge >= 0.3 is 0 Å². The first-order chi connectivity index (χ1) is 9.53. The highest BCUT2D eigenvalue weighted by Crippen LogP contribution is 2.55. The standard InChI is InChI=1S/C17H21NO2/c1-18(20)9-8-17-7-3-2-4-14(17)16(18)10-12-5-6-13(19)11-15(12)17/h3,5-7,11,14,16,19H,2,4,8-10H2,1H3/t14-,16+,17+,18?/m0/s1. The van der Waals surface area contributed by atoms with Crippen molar-refractivity contribution in [2.24, 2.45) is 5.92 Å². The molecule has 1 unspecified atom stereocenters. The molecule has 3 aliphatic rings. The lowest BCUT2D eigenvalue weighted by atomic mass is 9.54. The highest BCUT2D eigenvalue weighted by Gasteiger charge is 2.55. The number of allylic oxidation sites excluding steroid dienone is 2. The van der Waals surface area contributed by atoms with Crippen LogP contribution in [-0.4, -0.2) is 29.4 Å². The van der Waals surface area contributed by atoms with E-state index in [9.17, 15) is 10.3 Å². The van der Waals surface area contributed by atoms with Gasteiger partial charge in [0.2, 0.25) is 0 Å². The largest absolute Gasteiger partial charge is 0.633 e. The number of hydrogen-bond acceptors (Lipinski definition) is 2. The van der Waals surface area contributed by atoms with Crippen LogP contribution in [-0.2, 0) is 11.8 Å². The minimum Gasteiger partial charge on any atom is -0.633 e. The summed E-state index contributed by atoms with van der Waals surface area (Å²) in [6.07, 6.45) is 8.55. The van der Waals surface area contributed by atoms with Crippen LogP contribution in [0.3, 0.4) is 0 Å². The highest BCUT2D eigenvalue weighted by atomic mass is 16.5. The molecule has 0 saturated carbocycles. The van der Waals surface area contributed by atoms with E-state index in [4.69, 9.17) is 0 Å². The molecule has 0 radical (unpaired) electrons. The maximum atomic E-state index is 12.9. The molecule has 1 aromatic rings. The van der Waals surface area contributed by atoms with Crippen LogP contribution in [0.25, 0.3) is 0 Å². The molecule has 1 fully saturated rings. The fourth-order valence-electron chi connectivity index (χ4n) is 4.87. The fraction of sp³-hybridized carbons (Fsp3) is 0.529. The van der Waals surface area contributed by atoms with Gasteiger partial charge in [-0.15, -0.1) is 0 Å². The van der Waals surface area contributed by atoms with Crippen molar-refractivity contribution in [3.05, 3.63) is 46.7 Å². The summed E-state index contributed by atoms with van der Waals surface area (Å²) in [5.74, 6) is 0.775. The van der Waals surface area contributed by atoms with Crippen molar-refractivity contribution in [3.8, 4) is 5.75 Å². The number of quaternary nitrogens is 1. The molecule has 1 aliphatic heterocycles. The molecule has 3 nitrogen and oxygen atoms in total. The maximum Gasteiger partial charge on any atom is 0.115 e. The fourth-order valence-corrected chi connectivity index (χ4v) is 4.87. The van der Waals surface area contributed by atoms with E-state index in [2.05, 4.69) is 12.2 Å². The Kier molecular flexibility index (Phi) is 2.40. The van der Waals surface area contributed by atoms with E-state index in [-0.39, 0.29) is 16.1 Å². The first-order valence-corrected chi connectivity index (χ1v) is 7.59. The SMILES string of the molecule is C[N+]1([O-])CC[C@]23C=CCC[C@H]2[C@H]1Cc1ccc(O)cc13. The van der Waals surface area contributed by atoms with Gasteiger partial charge in [0.25, 0.3) is 0 Å². The lowest BCUT2D eigenvalue weighted by Crippen LogP contribution is -2.65. The van der Waals surface area contributed by atoms with Gasteiger partial charge in [0, 0.05) is 24.2 Å². The van der Waals surface area contributed by atoms with Gasteiger partial charge in [-0.2, -0.15) is 0 Å². The molecule has 2 bridgehead atoms. The van der Waals surface area contributed by atoms with Crippen LogP contribution in [0.5, 0.6) is 5.75 Å². The summed E-state index contributed by atoms with van der Waals surface area (Å²) in [6, 6.07) is 5.89. The number of aromatic hydroxyl groups is 1. The first-order valence-electron chi connectivity index (χ1n) is 7.59. The van der Waals surface area contributed by atoms with E-state index in [1.54, 1.807) is 6.07 Å². The van der Waals surface area contributed by atoms with Crippen molar-refractivity contribution in [2.75, 3.05) is 13.6 Å². The average molecular weight is 271 g/mol. The molecule has 1 saturated heterocycles.